The third-order valence-electron chi connectivity index (χ3n) is 17.4. The van der Waals surface area contributed by atoms with E-state index in [4.69, 9.17) is 0 Å². The van der Waals surface area contributed by atoms with E-state index in [0.29, 0.717) is 50.5 Å². The normalized spacial score (nSPS) is 30.2. The lowest BCUT2D eigenvalue weighted by Crippen LogP contribution is -2.73. The zero-order valence-electron chi connectivity index (χ0n) is 43.4. The van der Waals surface area contributed by atoms with Gasteiger partial charge in [0.25, 0.3) is 0 Å². The molecule has 3 aromatic carbocycles. The Kier molecular flexibility index (Phi) is 19.6. The summed E-state index contributed by atoms with van der Waals surface area (Å²) in [6, 6.07) is 21.7. The molecule has 73 heavy (non-hydrogen) atoms. The van der Waals surface area contributed by atoms with E-state index < -0.39 is 83.6 Å². The first kappa shape index (κ1) is 56.3. The lowest BCUT2D eigenvalue weighted by Gasteiger charge is -2.59. The van der Waals surface area contributed by atoms with Gasteiger partial charge in [0.05, 0.1) is 54.7 Å². The van der Waals surface area contributed by atoms with Crippen LogP contribution < -0.4 is 10.6 Å². The van der Waals surface area contributed by atoms with Gasteiger partial charge in [-0.2, -0.15) is 0 Å². The molecule has 8 rings (SSSR count). The number of phenols is 1. The lowest BCUT2D eigenvalue weighted by atomic mass is 9.52. The number of carbonyl (C=O) groups is 1. The molecule has 4 heterocycles. The Morgan fingerprint density at radius 2 is 1.62 bits per heavy atom. The van der Waals surface area contributed by atoms with E-state index in [-0.39, 0.29) is 56.7 Å². The van der Waals surface area contributed by atoms with Crippen LogP contribution in [0.25, 0.3) is 0 Å². The first-order chi connectivity index (χ1) is 35.0. The van der Waals surface area contributed by atoms with Crippen LogP contribution in [0.1, 0.15) is 151 Å². The molecule has 12 heteroatoms. The van der Waals surface area contributed by atoms with E-state index in [1.165, 1.54) is 0 Å². The number of carboxylic acids is 1. The fraction of sp³-hybridized carbons (Fsp3) is 0.590. The maximum absolute atomic E-state index is 14.4. The molecule has 4 aliphatic heterocycles. The van der Waals surface area contributed by atoms with Gasteiger partial charge in [0.15, 0.2) is 0 Å². The third kappa shape index (κ3) is 13.4. The summed E-state index contributed by atoms with van der Waals surface area (Å²) in [5, 5.41) is 113. The maximum Gasteiger partial charge on any atom is 0.303 e. The number of unbranched alkanes of at least 4 members (excludes halogenated alkanes) is 1. The minimum Gasteiger partial charge on any atom is -0.508 e. The number of hydrogen-bond donors (Lipinski definition) is 11. The van der Waals surface area contributed by atoms with Crippen molar-refractivity contribution < 1.29 is 50.8 Å². The number of hydrogen-bond acceptors (Lipinski definition) is 11. The van der Waals surface area contributed by atoms with Gasteiger partial charge in [0.1, 0.15) is 5.75 Å². The number of nitrogens with one attached hydrogen (secondary N) is 2. The Hall–Kier alpha value is -4.39. The average Bonchev–Trinajstić information content (AvgIpc) is 3.54. The molecule has 2 fully saturated rings. The van der Waals surface area contributed by atoms with Gasteiger partial charge in [-0.05, 0) is 154 Å². The monoisotopic (exact) mass is 1000 g/mol. The molecule has 1 saturated carbocycles. The molecule has 398 valence electrons. The quantitative estimate of drug-likeness (QED) is 0.0730. The number of aliphatic hydroxyl groups is 7. The number of aliphatic hydroxyl groups excluding tert-OH is 6. The molecule has 1 aliphatic carbocycles. The molecule has 0 spiro atoms. The number of aromatic hydroxyl groups is 1. The fourth-order valence-electron chi connectivity index (χ4n) is 13.1. The molecule has 0 aromatic heterocycles. The first-order valence-electron chi connectivity index (χ1n) is 27.3. The van der Waals surface area contributed by atoms with Crippen molar-refractivity contribution in [2.45, 2.75) is 208 Å². The summed E-state index contributed by atoms with van der Waals surface area (Å²) in [4.78, 5) is 12.7. The van der Waals surface area contributed by atoms with Gasteiger partial charge in [-0.1, -0.05) is 118 Å². The van der Waals surface area contributed by atoms with Crippen molar-refractivity contribution in [3.63, 3.8) is 0 Å². The number of fused-ring (bicyclic) bond motifs is 6. The van der Waals surface area contributed by atoms with Gasteiger partial charge in [-0.3, -0.25) is 4.79 Å². The Labute approximate surface area is 433 Å². The Balaban J connectivity index is 1.54. The second-order valence-corrected chi connectivity index (χ2v) is 22.3. The molecule has 12 atom stereocenters. The van der Waals surface area contributed by atoms with E-state index in [1.807, 2.05) is 87.5 Å². The Bertz CT molecular complexity index is 2380. The van der Waals surface area contributed by atoms with E-state index in [9.17, 15) is 50.8 Å². The summed E-state index contributed by atoms with van der Waals surface area (Å²) in [5.74, 6) is 5.19. The number of phenolic OH excluding ortho intramolecular Hbond substituents is 1. The number of allylic oxidation sites excluding steroid dienone is 2. The van der Waals surface area contributed by atoms with E-state index >= 15 is 0 Å². The summed E-state index contributed by atoms with van der Waals surface area (Å²) in [7, 11) is 0. The van der Waals surface area contributed by atoms with Gasteiger partial charge in [-0.15, -0.1) is 0 Å². The predicted octanol–water partition coefficient (Wildman–Crippen LogP) is 7.09. The molecule has 6 bridgehead atoms. The summed E-state index contributed by atoms with van der Waals surface area (Å²) < 4.78 is 0. The van der Waals surface area contributed by atoms with Crippen LogP contribution in [0.2, 0.25) is 0 Å². The van der Waals surface area contributed by atoms with Crippen molar-refractivity contribution in [1.29, 1.82) is 0 Å². The van der Waals surface area contributed by atoms with Crippen LogP contribution in [-0.2, 0) is 29.5 Å². The minimum atomic E-state index is -1.62. The third-order valence-corrected chi connectivity index (χ3v) is 17.4. The van der Waals surface area contributed by atoms with E-state index in [2.05, 4.69) is 22.5 Å². The zero-order chi connectivity index (χ0) is 52.3. The van der Waals surface area contributed by atoms with Crippen LogP contribution in [0.15, 0.2) is 96.1 Å². The van der Waals surface area contributed by atoms with Crippen molar-refractivity contribution in [2.75, 3.05) is 6.61 Å². The van der Waals surface area contributed by atoms with Crippen molar-refractivity contribution in [3.8, 4) is 17.6 Å². The van der Waals surface area contributed by atoms with Crippen LogP contribution in [0.4, 0.5) is 0 Å². The molecule has 5 aliphatic rings. The van der Waals surface area contributed by atoms with Gasteiger partial charge in [0, 0.05) is 35.5 Å². The largest absolute Gasteiger partial charge is 0.508 e. The van der Waals surface area contributed by atoms with Crippen molar-refractivity contribution >= 4 is 5.97 Å². The molecular formula is C61H84N2O10. The first-order valence-corrected chi connectivity index (χ1v) is 27.3. The van der Waals surface area contributed by atoms with Gasteiger partial charge >= 0.3 is 5.97 Å². The van der Waals surface area contributed by atoms with Gasteiger partial charge in [-0.25, -0.2) is 0 Å². The van der Waals surface area contributed by atoms with Crippen LogP contribution in [0.3, 0.4) is 0 Å². The van der Waals surface area contributed by atoms with Crippen molar-refractivity contribution in [1.82, 2.24) is 10.6 Å². The van der Waals surface area contributed by atoms with Crippen LogP contribution >= 0.6 is 0 Å². The topological polar surface area (TPSA) is 223 Å². The molecule has 11 N–H and O–H groups in total. The number of carboxylic acid groups (broad SMARTS) is 1. The molecule has 3 aromatic rings. The highest BCUT2D eigenvalue weighted by molar-refractivity contribution is 5.67. The molecule has 1 saturated heterocycles. The van der Waals surface area contributed by atoms with Gasteiger partial charge < -0.3 is 56.6 Å². The predicted molar refractivity (Wildman–Crippen MR) is 285 cm³/mol. The Morgan fingerprint density at radius 3 is 2.32 bits per heavy atom. The minimum absolute atomic E-state index is 0.0175. The van der Waals surface area contributed by atoms with Crippen LogP contribution in [0.5, 0.6) is 5.75 Å². The average molecular weight is 1010 g/mol. The lowest BCUT2D eigenvalue weighted by molar-refractivity contribution is -0.139. The summed E-state index contributed by atoms with van der Waals surface area (Å²) >= 11 is 0. The molecular weight excluding hydrogens is 921 g/mol. The second-order valence-electron chi connectivity index (χ2n) is 22.3. The van der Waals surface area contributed by atoms with Crippen LogP contribution in [0, 0.1) is 23.7 Å². The van der Waals surface area contributed by atoms with Gasteiger partial charge in [0.2, 0.25) is 0 Å². The second kappa shape index (κ2) is 25.4. The Morgan fingerprint density at radius 1 is 0.904 bits per heavy atom. The summed E-state index contributed by atoms with van der Waals surface area (Å²) in [6.45, 7) is 5.42. The smallest absolute Gasteiger partial charge is 0.303 e. The van der Waals surface area contributed by atoms with Crippen molar-refractivity contribution in [3.05, 3.63) is 124 Å². The zero-order valence-corrected chi connectivity index (χ0v) is 43.4. The van der Waals surface area contributed by atoms with E-state index in [0.717, 1.165) is 65.5 Å². The summed E-state index contributed by atoms with van der Waals surface area (Å²) in [5.41, 5.74) is 2.10. The standard InChI is InChI=1S/C61H84N2O10/c1-4-5-15-53(67)54(68)30-23-45-22-21-44-13-8-7-12-43(44)14-11-34-61(59(3,73)60(32-9-6-10-33-60)46-24-26-47(65)27-25-46)38-42-19-17-41(18-20-42)35-56(70)49-28-16-40(2)62-58(51(49)37-57(71)72)55(69)31-29-52(63-61)50(45)36-48(66)39-64/h7-8,12-13,17-20,23-27,30,40,48-49,51-56,58,62-70,73H,4-6,9-10,15-16,21-22,28-29,31-39H2,1-3H3,(H,71,72)/b30-23+,50-45+/t40-,48+,49-,51-,52-,53+,54-,55-,56-,58-,59+,61-/m1/s1. The highest BCUT2D eigenvalue weighted by atomic mass is 16.4. The van der Waals surface area contributed by atoms with E-state index in [1.54, 1.807) is 18.2 Å². The van der Waals surface area contributed by atoms with Crippen molar-refractivity contribution in [2.24, 2.45) is 11.8 Å². The SMILES string of the molecule is CCCC[C@H](O)[C@H](O)/C=C/C1=C(\C[C@H](O)CO)[C@H]2CC[C@@H](O)[C@@H]3N[C@H](C)CC[C@H]([C@H]3CC(=O)O)[C@H](O)Cc3ccc(cc3)C[C@@]([C@@](C)(O)C3(c4ccc(O)cc4)CCCCC3)(CC#Cc3ccccc3CC1)N2. The number of rotatable bonds is 14. The fourth-order valence-corrected chi connectivity index (χ4v) is 13.1. The number of benzene rings is 3. The number of aryl methyl sites for hydroxylation is 1. The molecule has 0 amide bonds. The highest BCUT2D eigenvalue weighted by Crippen LogP contribution is 2.54. The molecule has 0 unspecified atom stereocenters. The molecule has 12 nitrogen and oxygen atoms in total. The molecule has 0 radical (unpaired) electrons. The maximum atomic E-state index is 14.4. The highest BCUT2D eigenvalue weighted by Gasteiger charge is 2.60. The summed E-state index contributed by atoms with van der Waals surface area (Å²) in [6.07, 6.45) is 6.91. The number of aliphatic carboxylic acids is 1. The van der Waals surface area contributed by atoms with Crippen LogP contribution in [-0.4, -0.2) is 118 Å².